The third-order valence-electron chi connectivity index (χ3n) is 5.54. The fourth-order valence-electron chi connectivity index (χ4n) is 4.39. The first kappa shape index (κ1) is 9.64. The lowest BCUT2D eigenvalue weighted by Crippen LogP contribution is -2.33. The van der Waals surface area contributed by atoms with Gasteiger partial charge in [0.1, 0.15) is 6.17 Å². The number of hydrogen-bond acceptors (Lipinski definition) is 2. The van der Waals surface area contributed by atoms with Gasteiger partial charge in [-0.1, -0.05) is 0 Å². The highest BCUT2D eigenvalue weighted by molar-refractivity contribution is 5.94. The molecular weight excluding hydrogens is 196 g/mol. The van der Waals surface area contributed by atoms with E-state index in [1.807, 2.05) is 0 Å². The summed E-state index contributed by atoms with van der Waals surface area (Å²) in [7, 11) is 2.28. The van der Waals surface area contributed by atoms with Gasteiger partial charge in [0.05, 0.1) is 0 Å². The average molecular weight is 218 g/mol. The van der Waals surface area contributed by atoms with E-state index < -0.39 is 0 Å². The van der Waals surface area contributed by atoms with Gasteiger partial charge in [0.25, 0.3) is 0 Å². The minimum Gasteiger partial charge on any atom is -0.279 e. The van der Waals surface area contributed by atoms with Gasteiger partial charge in [-0.2, -0.15) is 0 Å². The summed E-state index contributed by atoms with van der Waals surface area (Å²) in [5.74, 6) is 1.95. The molecule has 0 aromatic carbocycles. The van der Waals surface area contributed by atoms with E-state index in [0.29, 0.717) is 11.6 Å². The molecule has 1 atom stereocenters. The molecule has 4 rings (SSSR count). The zero-order valence-electron chi connectivity index (χ0n) is 10.3. The van der Waals surface area contributed by atoms with Crippen molar-refractivity contribution in [3.8, 4) is 0 Å². The van der Waals surface area contributed by atoms with Gasteiger partial charge in [0, 0.05) is 17.7 Å². The lowest BCUT2D eigenvalue weighted by atomic mass is 9.79. The number of fused-ring (bicyclic) bond motifs is 2. The van der Waals surface area contributed by atoms with Crippen LogP contribution in [0.15, 0.2) is 4.99 Å². The van der Waals surface area contributed by atoms with Crippen molar-refractivity contribution < 1.29 is 0 Å². The minimum absolute atomic E-state index is 0.559. The van der Waals surface area contributed by atoms with E-state index in [0.717, 1.165) is 11.8 Å². The Morgan fingerprint density at radius 2 is 1.94 bits per heavy atom. The molecule has 0 aromatic rings. The SMILES string of the molecule is CN1CC(C23CCC(CC2)C3)=NC1C1CC1. The summed E-state index contributed by atoms with van der Waals surface area (Å²) in [6.07, 6.45) is 10.7. The molecule has 3 aliphatic carbocycles. The molecule has 1 heterocycles. The fourth-order valence-corrected chi connectivity index (χ4v) is 4.39. The minimum atomic E-state index is 0.559. The second-order valence-corrected chi connectivity index (χ2v) is 6.67. The summed E-state index contributed by atoms with van der Waals surface area (Å²) in [5, 5.41) is 0. The molecule has 1 aliphatic heterocycles. The molecule has 3 saturated carbocycles. The van der Waals surface area contributed by atoms with Crippen molar-refractivity contribution in [3.05, 3.63) is 0 Å². The summed E-state index contributed by atoms with van der Waals surface area (Å²) < 4.78 is 0. The van der Waals surface area contributed by atoms with Crippen LogP contribution in [0.5, 0.6) is 0 Å². The number of nitrogens with zero attached hydrogens (tertiary/aromatic N) is 2. The summed E-state index contributed by atoms with van der Waals surface area (Å²) in [6.45, 7) is 1.17. The van der Waals surface area contributed by atoms with Gasteiger partial charge in [0.2, 0.25) is 0 Å². The fraction of sp³-hybridized carbons (Fsp3) is 0.929. The van der Waals surface area contributed by atoms with Crippen LogP contribution in [0, 0.1) is 17.3 Å². The highest BCUT2D eigenvalue weighted by atomic mass is 15.3. The van der Waals surface area contributed by atoms with Crippen LogP contribution in [0.25, 0.3) is 0 Å². The third-order valence-corrected chi connectivity index (χ3v) is 5.54. The maximum absolute atomic E-state index is 5.13. The average Bonchev–Trinajstić information content (AvgIpc) is 2.77. The predicted octanol–water partition coefficient (Wildman–Crippen LogP) is 2.69. The molecule has 1 unspecified atom stereocenters. The topological polar surface area (TPSA) is 15.6 Å². The van der Waals surface area contributed by atoms with Gasteiger partial charge >= 0.3 is 0 Å². The first-order valence-corrected chi connectivity index (χ1v) is 7.04. The summed E-state index contributed by atoms with van der Waals surface area (Å²) in [4.78, 5) is 7.63. The molecule has 0 aromatic heterocycles. The number of aliphatic imine (C=N–C) groups is 1. The second kappa shape index (κ2) is 3.10. The molecule has 0 amide bonds. The van der Waals surface area contributed by atoms with E-state index in [1.165, 1.54) is 51.5 Å². The van der Waals surface area contributed by atoms with Crippen LogP contribution < -0.4 is 0 Å². The van der Waals surface area contributed by atoms with Crippen molar-refractivity contribution in [2.24, 2.45) is 22.2 Å². The molecule has 4 aliphatic rings. The van der Waals surface area contributed by atoms with Crippen LogP contribution in [-0.4, -0.2) is 30.4 Å². The van der Waals surface area contributed by atoms with Gasteiger partial charge < -0.3 is 0 Å². The Balaban J connectivity index is 1.61. The zero-order chi connectivity index (χ0) is 10.8. The number of rotatable bonds is 2. The van der Waals surface area contributed by atoms with Crippen LogP contribution in [0.3, 0.4) is 0 Å². The maximum Gasteiger partial charge on any atom is 0.105 e. The Bertz CT molecular complexity index is 335. The summed E-state index contributed by atoms with van der Waals surface area (Å²) in [5.41, 5.74) is 2.16. The standard InChI is InChI=1S/C14H22N2/c1-16-9-12(15-13(16)11-2-3-11)14-6-4-10(8-14)5-7-14/h10-11,13H,2-9H2,1H3. The molecule has 0 saturated heterocycles. The molecule has 88 valence electrons. The van der Waals surface area contributed by atoms with E-state index in [9.17, 15) is 0 Å². The molecule has 2 bridgehead atoms. The Morgan fingerprint density at radius 1 is 1.19 bits per heavy atom. The molecule has 2 heteroatoms. The summed E-state index contributed by atoms with van der Waals surface area (Å²) >= 11 is 0. The van der Waals surface area contributed by atoms with Crippen molar-refractivity contribution in [3.63, 3.8) is 0 Å². The van der Waals surface area contributed by atoms with Gasteiger partial charge in [-0.3, -0.25) is 9.89 Å². The third kappa shape index (κ3) is 1.25. The van der Waals surface area contributed by atoms with E-state index in [2.05, 4.69) is 11.9 Å². The molecule has 0 N–H and O–H groups in total. The van der Waals surface area contributed by atoms with Gasteiger partial charge in [-0.05, 0) is 63.8 Å². The lowest BCUT2D eigenvalue weighted by Gasteiger charge is -2.26. The van der Waals surface area contributed by atoms with Gasteiger partial charge in [-0.15, -0.1) is 0 Å². The van der Waals surface area contributed by atoms with Crippen molar-refractivity contribution in [2.45, 2.75) is 51.1 Å². The van der Waals surface area contributed by atoms with Gasteiger partial charge in [0.15, 0.2) is 0 Å². The van der Waals surface area contributed by atoms with Crippen molar-refractivity contribution in [1.82, 2.24) is 4.90 Å². The Morgan fingerprint density at radius 3 is 2.50 bits per heavy atom. The smallest absolute Gasteiger partial charge is 0.105 e. The molecule has 0 radical (unpaired) electrons. The van der Waals surface area contributed by atoms with E-state index in [4.69, 9.17) is 4.99 Å². The monoisotopic (exact) mass is 218 g/mol. The van der Waals surface area contributed by atoms with Crippen LogP contribution >= 0.6 is 0 Å². The first-order valence-electron chi connectivity index (χ1n) is 7.04. The predicted molar refractivity (Wildman–Crippen MR) is 65.6 cm³/mol. The molecule has 2 nitrogen and oxygen atoms in total. The molecule has 0 spiro atoms. The van der Waals surface area contributed by atoms with E-state index in [1.54, 1.807) is 5.71 Å². The summed E-state index contributed by atoms with van der Waals surface area (Å²) in [6, 6.07) is 0. The largest absolute Gasteiger partial charge is 0.279 e. The molecule has 3 fully saturated rings. The maximum atomic E-state index is 5.13. The van der Waals surface area contributed by atoms with E-state index >= 15 is 0 Å². The quantitative estimate of drug-likeness (QED) is 0.696. The second-order valence-electron chi connectivity index (χ2n) is 6.67. The van der Waals surface area contributed by atoms with Crippen molar-refractivity contribution >= 4 is 5.71 Å². The number of hydrogen-bond donors (Lipinski definition) is 0. The highest BCUT2D eigenvalue weighted by Crippen LogP contribution is 2.56. The van der Waals surface area contributed by atoms with Gasteiger partial charge in [-0.25, -0.2) is 0 Å². The molecular formula is C14H22N2. The Kier molecular flexibility index (Phi) is 1.86. The van der Waals surface area contributed by atoms with E-state index in [-0.39, 0.29) is 0 Å². The Labute approximate surface area is 98.1 Å². The van der Waals surface area contributed by atoms with Crippen LogP contribution in [0.4, 0.5) is 0 Å². The van der Waals surface area contributed by atoms with Crippen LogP contribution in [0.2, 0.25) is 0 Å². The first-order chi connectivity index (χ1) is 7.77. The van der Waals surface area contributed by atoms with Crippen LogP contribution in [0.1, 0.15) is 44.9 Å². The zero-order valence-corrected chi connectivity index (χ0v) is 10.3. The van der Waals surface area contributed by atoms with Crippen LogP contribution in [-0.2, 0) is 0 Å². The lowest BCUT2D eigenvalue weighted by molar-refractivity contribution is 0.276. The molecule has 16 heavy (non-hydrogen) atoms. The normalized spacial score (nSPS) is 47.7. The van der Waals surface area contributed by atoms with Crippen molar-refractivity contribution in [2.75, 3.05) is 13.6 Å². The highest BCUT2D eigenvalue weighted by Gasteiger charge is 2.50. The Hall–Kier alpha value is -0.370. The van der Waals surface area contributed by atoms with Crippen molar-refractivity contribution in [1.29, 1.82) is 0 Å².